The lowest BCUT2D eigenvalue weighted by atomic mass is 10.0. The molecule has 0 radical (unpaired) electrons. The third-order valence-corrected chi connectivity index (χ3v) is 8.60. The predicted molar refractivity (Wildman–Crippen MR) is 84.2 cm³/mol. The van der Waals surface area contributed by atoms with Gasteiger partial charge in [0.05, 0.1) is 0 Å². The van der Waals surface area contributed by atoms with Gasteiger partial charge in [0.15, 0.2) is 8.32 Å². The fourth-order valence-electron chi connectivity index (χ4n) is 2.23. The number of allylic oxidation sites excluding steroid dienone is 2. The van der Waals surface area contributed by atoms with Crippen LogP contribution >= 0.6 is 0 Å². The van der Waals surface area contributed by atoms with Gasteiger partial charge in [0.25, 0.3) is 0 Å². The summed E-state index contributed by atoms with van der Waals surface area (Å²) in [5, 5.41) is 0. The van der Waals surface area contributed by atoms with E-state index in [0.717, 1.165) is 31.0 Å². The normalized spacial score (nSPS) is 14.7. The maximum atomic E-state index is 6.48. The minimum absolute atomic E-state index is 0.389. The molecule has 0 aromatic rings. The zero-order chi connectivity index (χ0) is 14.2. The molecule has 18 heavy (non-hydrogen) atoms. The van der Waals surface area contributed by atoms with Gasteiger partial charge in [0, 0.05) is 0 Å². The molecule has 0 bridgehead atoms. The summed E-state index contributed by atoms with van der Waals surface area (Å²) in [7, 11) is -1.61. The fraction of sp³-hybridized carbons (Fsp3) is 0.750. The Bertz CT molecular complexity index is 297. The molecule has 1 atom stereocenters. The Kier molecular flexibility index (Phi) is 7.59. The molecule has 0 fully saturated rings. The van der Waals surface area contributed by atoms with E-state index in [2.05, 4.69) is 53.5 Å². The number of rotatable bonds is 8. The quantitative estimate of drug-likeness (QED) is 0.335. The van der Waals surface area contributed by atoms with Gasteiger partial charge in [0.2, 0.25) is 0 Å². The van der Waals surface area contributed by atoms with E-state index in [-0.39, 0.29) is 5.60 Å². The van der Waals surface area contributed by atoms with Crippen molar-refractivity contribution in [2.45, 2.75) is 78.1 Å². The summed E-state index contributed by atoms with van der Waals surface area (Å²) in [6, 6.07) is 3.46. The lowest BCUT2D eigenvalue weighted by Gasteiger charge is -2.37. The Morgan fingerprint density at radius 1 is 1.22 bits per heavy atom. The van der Waals surface area contributed by atoms with Gasteiger partial charge >= 0.3 is 0 Å². The van der Waals surface area contributed by atoms with Crippen LogP contribution in [0.5, 0.6) is 0 Å². The van der Waals surface area contributed by atoms with Gasteiger partial charge in [-0.2, -0.15) is 0 Å². The van der Waals surface area contributed by atoms with Crippen molar-refractivity contribution in [2.24, 2.45) is 0 Å². The molecule has 0 aromatic carbocycles. The highest BCUT2D eigenvalue weighted by molar-refractivity contribution is 6.73. The third kappa shape index (κ3) is 5.41. The molecule has 0 aliphatic carbocycles. The average Bonchev–Trinajstić information content (AvgIpc) is 2.36. The van der Waals surface area contributed by atoms with Crippen molar-refractivity contribution in [1.82, 2.24) is 0 Å². The molecule has 0 saturated carbocycles. The van der Waals surface area contributed by atoms with Gasteiger partial charge < -0.3 is 4.43 Å². The van der Waals surface area contributed by atoms with Crippen molar-refractivity contribution < 1.29 is 4.43 Å². The zero-order valence-corrected chi connectivity index (χ0v) is 14.1. The summed E-state index contributed by atoms with van der Waals surface area (Å²) in [6.45, 7) is 13.0. The Morgan fingerprint density at radius 3 is 2.06 bits per heavy atom. The monoisotopic (exact) mass is 266 g/mol. The van der Waals surface area contributed by atoms with Crippen molar-refractivity contribution in [3.8, 4) is 12.3 Å². The fourth-order valence-corrected chi connectivity index (χ4v) is 5.28. The van der Waals surface area contributed by atoms with Crippen LogP contribution in [0, 0.1) is 12.3 Å². The van der Waals surface area contributed by atoms with Crippen LogP contribution in [0.25, 0.3) is 0 Å². The smallest absolute Gasteiger partial charge is 0.194 e. The molecule has 1 nitrogen and oxygen atoms in total. The summed E-state index contributed by atoms with van der Waals surface area (Å²) in [6.07, 6.45) is 9.89. The van der Waals surface area contributed by atoms with Crippen molar-refractivity contribution in [2.75, 3.05) is 0 Å². The first-order valence-corrected chi connectivity index (χ1v) is 9.71. The Labute approximate surface area is 115 Å². The van der Waals surface area contributed by atoms with E-state index in [0.29, 0.717) is 0 Å². The van der Waals surface area contributed by atoms with Crippen LogP contribution in [-0.4, -0.2) is 13.9 Å². The van der Waals surface area contributed by atoms with Crippen LogP contribution in [0.3, 0.4) is 0 Å². The summed E-state index contributed by atoms with van der Waals surface area (Å²) in [4.78, 5) is 0. The Hall–Kier alpha value is -0.523. The number of terminal acetylenes is 1. The van der Waals surface area contributed by atoms with Gasteiger partial charge in [-0.05, 0) is 51.7 Å². The van der Waals surface area contributed by atoms with E-state index in [1.54, 1.807) is 0 Å². The summed E-state index contributed by atoms with van der Waals surface area (Å²) in [5.74, 6) is 2.89. The van der Waals surface area contributed by atoms with Crippen molar-refractivity contribution in [3.63, 3.8) is 0 Å². The topological polar surface area (TPSA) is 9.23 Å². The Morgan fingerprint density at radius 2 is 1.72 bits per heavy atom. The predicted octanol–water partition coefficient (Wildman–Crippen LogP) is 5.15. The maximum absolute atomic E-state index is 6.48. The van der Waals surface area contributed by atoms with E-state index in [9.17, 15) is 0 Å². The van der Waals surface area contributed by atoms with Gasteiger partial charge in [-0.25, -0.2) is 0 Å². The van der Waals surface area contributed by atoms with Crippen molar-refractivity contribution in [3.05, 3.63) is 11.6 Å². The van der Waals surface area contributed by atoms with Gasteiger partial charge in [-0.15, -0.1) is 6.42 Å². The zero-order valence-electron chi connectivity index (χ0n) is 13.1. The van der Waals surface area contributed by atoms with Crippen LogP contribution in [-0.2, 0) is 4.43 Å². The first-order chi connectivity index (χ1) is 8.37. The molecule has 0 saturated heterocycles. The largest absolute Gasteiger partial charge is 0.401 e. The molecule has 0 spiro atoms. The summed E-state index contributed by atoms with van der Waals surface area (Å²) < 4.78 is 6.48. The van der Waals surface area contributed by atoms with Crippen LogP contribution in [0.2, 0.25) is 18.1 Å². The first kappa shape index (κ1) is 17.5. The molecular weight excluding hydrogens is 236 g/mol. The van der Waals surface area contributed by atoms with Gasteiger partial charge in [0.1, 0.15) is 5.60 Å². The highest BCUT2D eigenvalue weighted by Crippen LogP contribution is 2.30. The number of hydrogen-bond donors (Lipinski definition) is 0. The molecule has 0 aromatic heterocycles. The third-order valence-electron chi connectivity index (χ3n) is 3.85. The average molecular weight is 267 g/mol. The molecule has 0 rings (SSSR count). The minimum atomic E-state index is -1.61. The van der Waals surface area contributed by atoms with Crippen LogP contribution < -0.4 is 0 Å². The lowest BCUT2D eigenvalue weighted by molar-refractivity contribution is 0.127. The molecule has 0 aliphatic rings. The van der Waals surface area contributed by atoms with Crippen LogP contribution in [0.1, 0.15) is 54.4 Å². The van der Waals surface area contributed by atoms with Gasteiger partial charge in [-0.3, -0.25) is 0 Å². The van der Waals surface area contributed by atoms with Crippen LogP contribution in [0.15, 0.2) is 11.6 Å². The van der Waals surface area contributed by atoms with Gasteiger partial charge in [-0.1, -0.05) is 38.3 Å². The highest BCUT2D eigenvalue weighted by Gasteiger charge is 2.36. The van der Waals surface area contributed by atoms with E-state index < -0.39 is 8.32 Å². The molecule has 0 N–H and O–H groups in total. The molecule has 0 amide bonds. The number of hydrogen-bond acceptors (Lipinski definition) is 1. The maximum Gasteiger partial charge on any atom is 0.194 e. The molecule has 0 aliphatic heterocycles. The van der Waals surface area contributed by atoms with Crippen molar-refractivity contribution in [1.29, 1.82) is 0 Å². The molecule has 0 heterocycles. The van der Waals surface area contributed by atoms with E-state index in [4.69, 9.17) is 10.8 Å². The molecule has 1 unspecified atom stereocenters. The second kappa shape index (κ2) is 7.81. The van der Waals surface area contributed by atoms with E-state index >= 15 is 0 Å². The standard InChI is InChI=1S/C16H30OSi/c1-8-16(7,14-12-13-15(5)6)17-18(9-2,10-3)11-4/h1,13H,9-12,14H2,2-7H3. The minimum Gasteiger partial charge on any atom is -0.401 e. The van der Waals surface area contributed by atoms with E-state index in [1.807, 2.05) is 0 Å². The van der Waals surface area contributed by atoms with E-state index in [1.165, 1.54) is 5.57 Å². The first-order valence-electron chi connectivity index (χ1n) is 7.18. The molecular formula is C16H30OSi. The SMILES string of the molecule is C#CC(C)(CCC=C(C)C)O[Si](CC)(CC)CC. The van der Waals surface area contributed by atoms with Crippen LogP contribution in [0.4, 0.5) is 0 Å². The molecule has 104 valence electrons. The lowest BCUT2D eigenvalue weighted by Crippen LogP contribution is -2.45. The Balaban J connectivity index is 4.75. The second-order valence-corrected chi connectivity index (χ2v) is 10.2. The highest BCUT2D eigenvalue weighted by atomic mass is 28.4. The van der Waals surface area contributed by atoms with Crippen molar-refractivity contribution >= 4 is 8.32 Å². The second-order valence-electron chi connectivity index (χ2n) is 5.54. The summed E-state index contributed by atoms with van der Waals surface area (Å²) in [5.41, 5.74) is 0.958. The summed E-state index contributed by atoms with van der Waals surface area (Å²) >= 11 is 0. The molecule has 2 heteroatoms.